The van der Waals surface area contributed by atoms with Crippen molar-refractivity contribution in [2.75, 3.05) is 32.5 Å². The molecule has 8 nitrogen and oxygen atoms in total. The number of aryl methyl sites for hydroxylation is 1. The Hall–Kier alpha value is -1.97. The SMILES string of the molecule is Cc1nc2ccc(C(=O)NC[C@H]3CN(S(C)(=O)=O)CCO3)cc2o1. The summed E-state index contributed by atoms with van der Waals surface area (Å²) < 4.78 is 35.5. The Morgan fingerprint density at radius 3 is 3.00 bits per heavy atom. The Balaban J connectivity index is 1.62. The number of fused-ring (bicyclic) bond motifs is 1. The molecule has 130 valence electrons. The number of sulfonamides is 1. The maximum absolute atomic E-state index is 12.3. The van der Waals surface area contributed by atoms with Crippen LogP contribution in [0, 0.1) is 6.92 Å². The van der Waals surface area contributed by atoms with Crippen LogP contribution in [-0.4, -0.2) is 62.2 Å². The lowest BCUT2D eigenvalue weighted by Crippen LogP contribution is -2.49. The molecule has 1 aliphatic rings. The van der Waals surface area contributed by atoms with Crippen LogP contribution < -0.4 is 5.32 Å². The molecule has 2 heterocycles. The maximum atomic E-state index is 12.3. The van der Waals surface area contributed by atoms with E-state index >= 15 is 0 Å². The first-order valence-corrected chi connectivity index (χ1v) is 9.40. The van der Waals surface area contributed by atoms with E-state index in [1.807, 2.05) is 0 Å². The van der Waals surface area contributed by atoms with Crippen LogP contribution in [0.1, 0.15) is 16.2 Å². The van der Waals surface area contributed by atoms with E-state index in [1.165, 1.54) is 10.6 Å². The molecule has 0 saturated carbocycles. The quantitative estimate of drug-likeness (QED) is 0.860. The van der Waals surface area contributed by atoms with E-state index in [-0.39, 0.29) is 25.1 Å². The lowest BCUT2D eigenvalue weighted by Gasteiger charge is -2.31. The zero-order chi connectivity index (χ0) is 17.3. The summed E-state index contributed by atoms with van der Waals surface area (Å²) in [4.78, 5) is 16.4. The van der Waals surface area contributed by atoms with Crippen molar-refractivity contribution in [2.45, 2.75) is 13.0 Å². The van der Waals surface area contributed by atoms with E-state index in [1.54, 1.807) is 25.1 Å². The second kappa shape index (κ2) is 6.50. The summed E-state index contributed by atoms with van der Waals surface area (Å²) in [5, 5.41) is 2.76. The molecule has 1 saturated heterocycles. The molecule has 1 amide bonds. The molecule has 0 aliphatic carbocycles. The van der Waals surface area contributed by atoms with Crippen molar-refractivity contribution in [3.8, 4) is 0 Å². The van der Waals surface area contributed by atoms with Gasteiger partial charge >= 0.3 is 0 Å². The smallest absolute Gasteiger partial charge is 0.251 e. The minimum atomic E-state index is -3.25. The largest absolute Gasteiger partial charge is 0.441 e. The average molecular weight is 353 g/mol. The molecule has 2 aromatic rings. The van der Waals surface area contributed by atoms with Crippen molar-refractivity contribution in [1.29, 1.82) is 0 Å². The van der Waals surface area contributed by atoms with Crippen LogP contribution in [0.5, 0.6) is 0 Å². The first-order chi connectivity index (χ1) is 11.3. The minimum absolute atomic E-state index is 0.234. The summed E-state index contributed by atoms with van der Waals surface area (Å²) in [6.07, 6.45) is 0.802. The fourth-order valence-electron chi connectivity index (χ4n) is 2.61. The Kier molecular flexibility index (Phi) is 4.57. The lowest BCUT2D eigenvalue weighted by molar-refractivity contribution is 0.000439. The van der Waals surface area contributed by atoms with Gasteiger partial charge in [-0.05, 0) is 18.2 Å². The standard InChI is InChI=1S/C15H19N3O5S/c1-10-17-13-4-3-11(7-14(13)23-10)15(19)16-8-12-9-18(5-6-22-12)24(2,20)21/h3-4,7,12H,5-6,8-9H2,1-2H3,(H,16,19)/t12-/m0/s1. The molecule has 1 N–H and O–H groups in total. The average Bonchev–Trinajstić information content (AvgIpc) is 2.91. The number of ether oxygens (including phenoxy) is 1. The number of carbonyl (C=O) groups is 1. The van der Waals surface area contributed by atoms with Crippen molar-refractivity contribution in [2.24, 2.45) is 0 Å². The first-order valence-electron chi connectivity index (χ1n) is 7.55. The molecular weight excluding hydrogens is 334 g/mol. The number of hydrogen-bond donors (Lipinski definition) is 1. The molecular formula is C15H19N3O5S. The number of oxazole rings is 1. The molecule has 0 radical (unpaired) electrons. The third kappa shape index (κ3) is 3.74. The van der Waals surface area contributed by atoms with Gasteiger partial charge in [-0.15, -0.1) is 0 Å². The van der Waals surface area contributed by atoms with Gasteiger partial charge in [0.1, 0.15) is 5.52 Å². The van der Waals surface area contributed by atoms with Crippen molar-refractivity contribution in [3.63, 3.8) is 0 Å². The van der Waals surface area contributed by atoms with Gasteiger partial charge in [0.05, 0.1) is 19.0 Å². The zero-order valence-corrected chi connectivity index (χ0v) is 14.3. The molecule has 1 fully saturated rings. The highest BCUT2D eigenvalue weighted by Crippen LogP contribution is 2.17. The predicted octanol–water partition coefficient (Wildman–Crippen LogP) is 0.526. The van der Waals surface area contributed by atoms with Gasteiger partial charge in [-0.2, -0.15) is 4.31 Å². The number of nitrogens with one attached hydrogen (secondary N) is 1. The summed E-state index contributed by atoms with van der Waals surface area (Å²) in [5.74, 6) is 0.269. The number of benzene rings is 1. The van der Waals surface area contributed by atoms with Crippen LogP contribution in [0.2, 0.25) is 0 Å². The molecule has 1 aromatic carbocycles. The fourth-order valence-corrected chi connectivity index (χ4v) is 3.45. The number of amides is 1. The van der Waals surface area contributed by atoms with Crippen LogP contribution in [0.15, 0.2) is 22.6 Å². The molecule has 1 aliphatic heterocycles. The minimum Gasteiger partial charge on any atom is -0.441 e. The second-order valence-corrected chi connectivity index (χ2v) is 7.72. The third-order valence-corrected chi connectivity index (χ3v) is 5.09. The van der Waals surface area contributed by atoms with Gasteiger partial charge in [0.15, 0.2) is 11.5 Å². The Labute approximate surface area is 139 Å². The molecule has 3 rings (SSSR count). The Morgan fingerprint density at radius 2 is 2.25 bits per heavy atom. The van der Waals surface area contributed by atoms with Crippen molar-refractivity contribution < 1.29 is 22.4 Å². The molecule has 9 heteroatoms. The highest BCUT2D eigenvalue weighted by molar-refractivity contribution is 7.88. The molecule has 0 spiro atoms. The maximum Gasteiger partial charge on any atom is 0.251 e. The van der Waals surface area contributed by atoms with Gasteiger partial charge in [0, 0.05) is 32.1 Å². The second-order valence-electron chi connectivity index (χ2n) is 5.74. The number of carbonyl (C=O) groups excluding carboxylic acids is 1. The van der Waals surface area contributed by atoms with E-state index in [4.69, 9.17) is 9.15 Å². The lowest BCUT2D eigenvalue weighted by atomic mass is 10.2. The van der Waals surface area contributed by atoms with Gasteiger partial charge in [-0.1, -0.05) is 0 Å². The summed E-state index contributed by atoms with van der Waals surface area (Å²) >= 11 is 0. The first kappa shape index (κ1) is 16.9. The van der Waals surface area contributed by atoms with Gasteiger partial charge in [-0.3, -0.25) is 4.79 Å². The zero-order valence-electron chi connectivity index (χ0n) is 13.5. The van der Waals surface area contributed by atoms with E-state index in [2.05, 4.69) is 10.3 Å². The summed E-state index contributed by atoms with van der Waals surface area (Å²) in [7, 11) is -3.25. The van der Waals surface area contributed by atoms with E-state index < -0.39 is 10.0 Å². The predicted molar refractivity (Wildman–Crippen MR) is 87.2 cm³/mol. The molecule has 0 bridgehead atoms. The summed E-state index contributed by atoms with van der Waals surface area (Å²) in [5.41, 5.74) is 1.70. The van der Waals surface area contributed by atoms with E-state index in [0.29, 0.717) is 35.7 Å². The van der Waals surface area contributed by atoms with Gasteiger partial charge in [-0.25, -0.2) is 13.4 Å². The monoisotopic (exact) mass is 353 g/mol. The van der Waals surface area contributed by atoms with Crippen LogP contribution >= 0.6 is 0 Å². The Morgan fingerprint density at radius 1 is 1.46 bits per heavy atom. The number of rotatable bonds is 4. The van der Waals surface area contributed by atoms with E-state index in [9.17, 15) is 13.2 Å². The highest BCUT2D eigenvalue weighted by Gasteiger charge is 2.26. The fraction of sp³-hybridized carbons (Fsp3) is 0.467. The van der Waals surface area contributed by atoms with Gasteiger partial charge < -0.3 is 14.5 Å². The number of nitrogens with zero attached hydrogens (tertiary/aromatic N) is 2. The number of aromatic nitrogens is 1. The van der Waals surface area contributed by atoms with Crippen LogP contribution in [0.3, 0.4) is 0 Å². The van der Waals surface area contributed by atoms with Crippen LogP contribution in [0.4, 0.5) is 0 Å². The van der Waals surface area contributed by atoms with Gasteiger partial charge in [0.25, 0.3) is 5.91 Å². The van der Waals surface area contributed by atoms with Crippen molar-refractivity contribution >= 4 is 27.0 Å². The highest BCUT2D eigenvalue weighted by atomic mass is 32.2. The number of morpholine rings is 1. The van der Waals surface area contributed by atoms with Crippen LogP contribution in [-0.2, 0) is 14.8 Å². The summed E-state index contributed by atoms with van der Waals surface area (Å²) in [6, 6.07) is 5.03. The van der Waals surface area contributed by atoms with E-state index in [0.717, 1.165) is 0 Å². The molecule has 24 heavy (non-hydrogen) atoms. The topological polar surface area (TPSA) is 102 Å². The molecule has 0 unspecified atom stereocenters. The Bertz CT molecular complexity index is 861. The molecule has 1 aromatic heterocycles. The normalized spacial score (nSPS) is 19.5. The van der Waals surface area contributed by atoms with Crippen molar-refractivity contribution in [3.05, 3.63) is 29.7 Å². The van der Waals surface area contributed by atoms with Gasteiger partial charge in [0.2, 0.25) is 10.0 Å². The third-order valence-electron chi connectivity index (χ3n) is 3.82. The molecule has 1 atom stereocenters. The summed E-state index contributed by atoms with van der Waals surface area (Å²) in [6.45, 7) is 2.87. The van der Waals surface area contributed by atoms with Crippen LogP contribution in [0.25, 0.3) is 11.1 Å². The number of hydrogen-bond acceptors (Lipinski definition) is 6. The van der Waals surface area contributed by atoms with Crippen molar-refractivity contribution in [1.82, 2.24) is 14.6 Å².